The van der Waals surface area contributed by atoms with Crippen molar-refractivity contribution in [2.45, 2.75) is 0 Å². The molecule has 0 spiro atoms. The number of ether oxygens (including phenoxy) is 3. The summed E-state index contributed by atoms with van der Waals surface area (Å²) >= 11 is 5.88. The molecule has 0 aliphatic rings. The molecule has 0 aromatic heterocycles. The molecule has 0 bridgehead atoms. The summed E-state index contributed by atoms with van der Waals surface area (Å²) < 4.78 is 14.9. The van der Waals surface area contributed by atoms with E-state index in [1.807, 2.05) is 0 Å². The molecule has 82 valence electrons. The summed E-state index contributed by atoms with van der Waals surface area (Å²) in [4.78, 5) is 10.8. The Kier molecular flexibility index (Phi) is 4.39. The highest BCUT2D eigenvalue weighted by Gasteiger charge is 2.09. The van der Waals surface area contributed by atoms with E-state index >= 15 is 0 Å². The number of hydrogen-bond donors (Lipinski definition) is 0. The predicted octanol–water partition coefficient (Wildman–Crippen LogP) is 2.14. The maximum atomic E-state index is 10.8. The zero-order valence-corrected chi connectivity index (χ0v) is 9.21. The molecule has 0 saturated carbocycles. The smallest absolute Gasteiger partial charge is 0.188 e. The van der Waals surface area contributed by atoms with Crippen LogP contribution in [0.1, 0.15) is 10.4 Å². The van der Waals surface area contributed by atoms with E-state index in [0.29, 0.717) is 28.4 Å². The molecular weight excluding hydrogens is 220 g/mol. The fourth-order valence-electron chi connectivity index (χ4n) is 1.05. The number of carbonyl (C=O) groups excluding carboxylic acids is 1. The summed E-state index contributed by atoms with van der Waals surface area (Å²) in [6.07, 6.45) is 0.670. The highest BCUT2D eigenvalue weighted by molar-refractivity contribution is 6.32. The van der Waals surface area contributed by atoms with Gasteiger partial charge in [0.15, 0.2) is 13.1 Å². The van der Waals surface area contributed by atoms with Gasteiger partial charge in [-0.2, -0.15) is 0 Å². The van der Waals surface area contributed by atoms with Crippen molar-refractivity contribution in [1.29, 1.82) is 0 Å². The fourth-order valence-corrected chi connectivity index (χ4v) is 1.28. The third-order valence-corrected chi connectivity index (χ3v) is 2.04. The lowest BCUT2D eigenvalue weighted by molar-refractivity contribution is 0.0505. The van der Waals surface area contributed by atoms with Crippen LogP contribution in [0, 0.1) is 0 Å². The molecule has 0 N–H and O–H groups in total. The van der Waals surface area contributed by atoms with Crippen LogP contribution >= 0.6 is 11.6 Å². The number of aldehydes is 1. The van der Waals surface area contributed by atoms with E-state index in [4.69, 9.17) is 25.8 Å². The predicted molar refractivity (Wildman–Crippen MR) is 55.9 cm³/mol. The van der Waals surface area contributed by atoms with Gasteiger partial charge in [0.25, 0.3) is 0 Å². The Morgan fingerprint density at radius 1 is 1.33 bits per heavy atom. The van der Waals surface area contributed by atoms with Crippen molar-refractivity contribution in [3.05, 3.63) is 22.7 Å². The van der Waals surface area contributed by atoms with Gasteiger partial charge in [0.2, 0.25) is 0 Å². The number of halogens is 1. The quantitative estimate of drug-likeness (QED) is 0.574. The average molecular weight is 231 g/mol. The highest BCUT2D eigenvalue weighted by atomic mass is 35.5. The van der Waals surface area contributed by atoms with Crippen LogP contribution in [0.15, 0.2) is 12.1 Å². The number of methoxy groups -OCH3 is 2. The van der Waals surface area contributed by atoms with Crippen molar-refractivity contribution in [1.82, 2.24) is 0 Å². The van der Waals surface area contributed by atoms with Gasteiger partial charge < -0.3 is 14.2 Å². The minimum atomic E-state index is 0.0590. The lowest BCUT2D eigenvalue weighted by Gasteiger charge is -2.10. The van der Waals surface area contributed by atoms with Gasteiger partial charge in [-0.15, -0.1) is 0 Å². The van der Waals surface area contributed by atoms with Crippen LogP contribution in [-0.2, 0) is 4.74 Å². The van der Waals surface area contributed by atoms with Crippen LogP contribution in [0.2, 0.25) is 5.02 Å². The van der Waals surface area contributed by atoms with Crippen LogP contribution in [0.4, 0.5) is 0 Å². The Morgan fingerprint density at radius 3 is 2.60 bits per heavy atom. The molecule has 1 aromatic rings. The molecule has 4 nitrogen and oxygen atoms in total. The van der Waals surface area contributed by atoms with E-state index in [2.05, 4.69) is 0 Å². The molecule has 0 aliphatic heterocycles. The molecule has 1 rings (SSSR count). The number of benzene rings is 1. The topological polar surface area (TPSA) is 44.8 Å². The maximum absolute atomic E-state index is 10.8. The summed E-state index contributed by atoms with van der Waals surface area (Å²) in [5.41, 5.74) is 0.369. The molecule has 0 heterocycles. The third kappa shape index (κ3) is 2.84. The van der Waals surface area contributed by atoms with Gasteiger partial charge in [0.05, 0.1) is 17.7 Å². The van der Waals surface area contributed by atoms with Crippen molar-refractivity contribution in [2.75, 3.05) is 21.0 Å². The maximum Gasteiger partial charge on any atom is 0.188 e. The summed E-state index contributed by atoms with van der Waals surface area (Å²) in [6, 6.07) is 3.03. The third-order valence-electron chi connectivity index (χ3n) is 1.74. The average Bonchev–Trinajstić information content (AvgIpc) is 2.26. The van der Waals surface area contributed by atoms with Crippen LogP contribution in [0.25, 0.3) is 0 Å². The largest absolute Gasteiger partial charge is 0.495 e. The molecule has 1 aromatic carbocycles. The van der Waals surface area contributed by atoms with Crippen LogP contribution in [-0.4, -0.2) is 27.3 Å². The molecule has 0 fully saturated rings. The normalized spacial score (nSPS) is 9.80. The molecule has 0 unspecified atom stereocenters. The van der Waals surface area contributed by atoms with Crippen molar-refractivity contribution in [3.8, 4) is 11.5 Å². The molecule has 0 saturated heterocycles. The minimum absolute atomic E-state index is 0.0590. The molecule has 5 heteroatoms. The van der Waals surface area contributed by atoms with Crippen molar-refractivity contribution in [2.24, 2.45) is 0 Å². The first kappa shape index (κ1) is 11.8. The number of hydrogen-bond acceptors (Lipinski definition) is 4. The monoisotopic (exact) mass is 230 g/mol. The van der Waals surface area contributed by atoms with Gasteiger partial charge in [0.1, 0.15) is 11.5 Å². The lowest BCUT2D eigenvalue weighted by Crippen LogP contribution is -2.02. The van der Waals surface area contributed by atoms with E-state index in [0.717, 1.165) is 0 Å². The van der Waals surface area contributed by atoms with Gasteiger partial charge in [-0.25, -0.2) is 0 Å². The van der Waals surface area contributed by atoms with E-state index in [1.165, 1.54) is 26.4 Å². The highest BCUT2D eigenvalue weighted by Crippen LogP contribution is 2.31. The van der Waals surface area contributed by atoms with Gasteiger partial charge in [-0.1, -0.05) is 11.6 Å². The molecule has 0 atom stereocenters. The molecule has 0 aliphatic carbocycles. The van der Waals surface area contributed by atoms with Crippen LogP contribution in [0.5, 0.6) is 11.5 Å². The zero-order chi connectivity index (χ0) is 11.3. The van der Waals surface area contributed by atoms with Gasteiger partial charge in [-0.3, -0.25) is 4.79 Å². The summed E-state index contributed by atoms with van der Waals surface area (Å²) in [5.74, 6) is 0.807. The first-order valence-corrected chi connectivity index (χ1v) is 4.55. The summed E-state index contributed by atoms with van der Waals surface area (Å²) in [7, 11) is 2.97. The minimum Gasteiger partial charge on any atom is -0.495 e. The van der Waals surface area contributed by atoms with Crippen molar-refractivity contribution < 1.29 is 19.0 Å². The first-order valence-electron chi connectivity index (χ1n) is 4.17. The van der Waals surface area contributed by atoms with Gasteiger partial charge in [-0.05, 0) is 6.07 Å². The van der Waals surface area contributed by atoms with Crippen molar-refractivity contribution >= 4 is 17.9 Å². The number of rotatable bonds is 5. The lowest BCUT2D eigenvalue weighted by atomic mass is 10.2. The van der Waals surface area contributed by atoms with Crippen LogP contribution in [0.3, 0.4) is 0 Å². The van der Waals surface area contributed by atoms with E-state index in [9.17, 15) is 4.79 Å². The molecular formula is C10H11ClO4. The van der Waals surface area contributed by atoms with Gasteiger partial charge in [0, 0.05) is 13.2 Å². The Morgan fingerprint density at radius 2 is 2.07 bits per heavy atom. The second-order valence-electron chi connectivity index (χ2n) is 2.69. The first-order chi connectivity index (χ1) is 7.22. The van der Waals surface area contributed by atoms with E-state index in [1.54, 1.807) is 0 Å². The van der Waals surface area contributed by atoms with E-state index in [-0.39, 0.29) is 6.79 Å². The van der Waals surface area contributed by atoms with Crippen molar-refractivity contribution in [3.63, 3.8) is 0 Å². The standard InChI is InChI=1S/C10H11ClO4/c1-13-6-15-9-4-8(11)10(14-2)3-7(9)5-12/h3-5H,6H2,1-2H3. The zero-order valence-electron chi connectivity index (χ0n) is 8.45. The Bertz CT molecular complexity index is 352. The Labute approximate surface area is 92.7 Å². The van der Waals surface area contributed by atoms with Crippen LogP contribution < -0.4 is 9.47 Å². The summed E-state index contributed by atoms with van der Waals surface area (Å²) in [6.45, 7) is 0.0590. The molecule has 15 heavy (non-hydrogen) atoms. The van der Waals surface area contributed by atoms with Gasteiger partial charge >= 0.3 is 0 Å². The second kappa shape index (κ2) is 5.58. The number of carbonyl (C=O) groups is 1. The summed E-state index contributed by atoms with van der Waals surface area (Å²) in [5, 5.41) is 0.384. The van der Waals surface area contributed by atoms with E-state index < -0.39 is 0 Å². The second-order valence-corrected chi connectivity index (χ2v) is 3.10. The molecule has 0 radical (unpaired) electrons. The SMILES string of the molecule is COCOc1cc(Cl)c(OC)cc1C=O. The Balaban J connectivity index is 3.03. The fraction of sp³-hybridized carbons (Fsp3) is 0.300. The Hall–Kier alpha value is -1.26. The molecule has 0 amide bonds.